The van der Waals surface area contributed by atoms with E-state index in [1.165, 1.54) is 0 Å². The average molecular weight is 246 g/mol. The Morgan fingerprint density at radius 2 is 1.39 bits per heavy atom. The van der Waals surface area contributed by atoms with Gasteiger partial charge in [0.15, 0.2) is 0 Å². The van der Waals surface area contributed by atoms with Crippen molar-refractivity contribution < 1.29 is 5.11 Å². The first-order chi connectivity index (χ1) is 8.21. The van der Waals surface area contributed by atoms with Gasteiger partial charge in [0.05, 0.1) is 5.60 Å². The number of hydrogen-bond donors (Lipinski definition) is 1. The van der Waals surface area contributed by atoms with Gasteiger partial charge in [-0.3, -0.25) is 0 Å². The highest BCUT2D eigenvalue weighted by molar-refractivity contribution is 5.29. The Balaban J connectivity index is 2.57. The van der Waals surface area contributed by atoms with Crippen LogP contribution < -0.4 is 0 Å². The van der Waals surface area contributed by atoms with Gasteiger partial charge < -0.3 is 5.11 Å². The summed E-state index contributed by atoms with van der Waals surface area (Å²) in [4.78, 5) is 0. The van der Waals surface area contributed by atoms with Gasteiger partial charge in [-0.05, 0) is 35.2 Å². The van der Waals surface area contributed by atoms with E-state index in [1.54, 1.807) is 0 Å². The Hall–Kier alpha value is -0.820. The molecule has 2 rings (SSSR count). The third kappa shape index (κ3) is 1.80. The zero-order chi connectivity index (χ0) is 13.6. The van der Waals surface area contributed by atoms with E-state index in [9.17, 15) is 5.11 Å². The molecule has 1 nitrogen and oxygen atoms in total. The molecule has 0 atom stereocenters. The molecule has 1 aromatic carbocycles. The molecule has 0 aliphatic heterocycles. The van der Waals surface area contributed by atoms with Crippen molar-refractivity contribution in [1.29, 1.82) is 0 Å². The van der Waals surface area contributed by atoms with Gasteiger partial charge in [-0.1, -0.05) is 65.0 Å². The standard InChI is InChI=1S/C17H26O/c1-13-11-15(2,3)17(18,16(4,5)12-13)14-9-7-6-8-10-14/h6-10,13,18H,11-12H2,1-5H3. The predicted molar refractivity (Wildman–Crippen MR) is 76.3 cm³/mol. The van der Waals surface area contributed by atoms with Gasteiger partial charge in [-0.15, -0.1) is 0 Å². The molecule has 0 radical (unpaired) electrons. The lowest BCUT2D eigenvalue weighted by molar-refractivity contribution is -0.197. The maximum absolute atomic E-state index is 11.5. The van der Waals surface area contributed by atoms with E-state index >= 15 is 0 Å². The number of rotatable bonds is 1. The summed E-state index contributed by atoms with van der Waals surface area (Å²) in [6, 6.07) is 10.2. The molecule has 0 heterocycles. The first-order valence-electron chi connectivity index (χ1n) is 6.99. The summed E-state index contributed by atoms with van der Waals surface area (Å²) in [5, 5.41) is 11.5. The summed E-state index contributed by atoms with van der Waals surface area (Å²) in [7, 11) is 0. The van der Waals surface area contributed by atoms with Crippen molar-refractivity contribution in [3.8, 4) is 0 Å². The third-order valence-corrected chi connectivity index (χ3v) is 4.87. The maximum atomic E-state index is 11.5. The average Bonchev–Trinajstić information content (AvgIpc) is 2.25. The molecular weight excluding hydrogens is 220 g/mol. The summed E-state index contributed by atoms with van der Waals surface area (Å²) in [5.41, 5.74) is 0.102. The zero-order valence-corrected chi connectivity index (χ0v) is 12.3. The molecule has 0 saturated heterocycles. The highest BCUT2D eigenvalue weighted by Gasteiger charge is 2.58. The highest BCUT2D eigenvalue weighted by Crippen LogP contribution is 2.60. The molecule has 1 aliphatic carbocycles. The van der Waals surface area contributed by atoms with E-state index in [0.29, 0.717) is 5.92 Å². The van der Waals surface area contributed by atoms with E-state index in [2.05, 4.69) is 46.8 Å². The molecule has 1 saturated carbocycles. The van der Waals surface area contributed by atoms with Gasteiger partial charge in [0.1, 0.15) is 0 Å². The second kappa shape index (κ2) is 4.09. The molecule has 100 valence electrons. The van der Waals surface area contributed by atoms with Gasteiger partial charge in [-0.2, -0.15) is 0 Å². The second-order valence-corrected chi connectivity index (χ2v) is 7.36. The van der Waals surface area contributed by atoms with Crippen molar-refractivity contribution in [3.63, 3.8) is 0 Å². The van der Waals surface area contributed by atoms with Crippen LogP contribution in [-0.2, 0) is 5.60 Å². The monoisotopic (exact) mass is 246 g/mol. The fraction of sp³-hybridized carbons (Fsp3) is 0.647. The van der Waals surface area contributed by atoms with Gasteiger partial charge in [-0.25, -0.2) is 0 Å². The molecule has 0 amide bonds. The molecule has 1 aliphatic rings. The van der Waals surface area contributed by atoms with Crippen LogP contribution in [0.15, 0.2) is 30.3 Å². The molecule has 1 heteroatoms. The Kier molecular flexibility index (Phi) is 3.09. The Morgan fingerprint density at radius 1 is 0.944 bits per heavy atom. The van der Waals surface area contributed by atoms with Crippen LogP contribution in [0.2, 0.25) is 0 Å². The van der Waals surface area contributed by atoms with Crippen molar-refractivity contribution in [1.82, 2.24) is 0 Å². The fourth-order valence-electron chi connectivity index (χ4n) is 4.49. The lowest BCUT2D eigenvalue weighted by Crippen LogP contribution is -2.57. The topological polar surface area (TPSA) is 20.2 Å². The van der Waals surface area contributed by atoms with E-state index in [-0.39, 0.29) is 10.8 Å². The quantitative estimate of drug-likeness (QED) is 0.780. The Bertz CT molecular complexity index is 398. The Morgan fingerprint density at radius 3 is 1.83 bits per heavy atom. The van der Waals surface area contributed by atoms with E-state index in [4.69, 9.17) is 0 Å². The van der Waals surface area contributed by atoms with Crippen LogP contribution in [-0.4, -0.2) is 5.11 Å². The minimum absolute atomic E-state index is 0.102. The lowest BCUT2D eigenvalue weighted by atomic mass is 9.50. The van der Waals surface area contributed by atoms with E-state index < -0.39 is 5.60 Å². The molecular formula is C17H26O. The van der Waals surface area contributed by atoms with Crippen LogP contribution in [0.1, 0.15) is 53.0 Å². The van der Waals surface area contributed by atoms with Crippen LogP contribution >= 0.6 is 0 Å². The first kappa shape index (κ1) is 13.6. The zero-order valence-electron chi connectivity index (χ0n) is 12.3. The van der Waals surface area contributed by atoms with Crippen LogP contribution in [0, 0.1) is 16.7 Å². The van der Waals surface area contributed by atoms with Crippen LogP contribution in [0.25, 0.3) is 0 Å². The fourth-order valence-corrected chi connectivity index (χ4v) is 4.49. The van der Waals surface area contributed by atoms with E-state index in [0.717, 1.165) is 18.4 Å². The molecule has 1 N–H and O–H groups in total. The molecule has 0 aromatic heterocycles. The van der Waals surface area contributed by atoms with Crippen LogP contribution in [0.5, 0.6) is 0 Å². The van der Waals surface area contributed by atoms with Crippen LogP contribution in [0.4, 0.5) is 0 Å². The van der Waals surface area contributed by atoms with Crippen molar-refractivity contribution in [2.45, 2.75) is 53.1 Å². The van der Waals surface area contributed by atoms with Gasteiger partial charge in [0.2, 0.25) is 0 Å². The highest BCUT2D eigenvalue weighted by atomic mass is 16.3. The summed E-state index contributed by atoms with van der Waals surface area (Å²) < 4.78 is 0. The second-order valence-electron chi connectivity index (χ2n) is 7.36. The van der Waals surface area contributed by atoms with Crippen molar-refractivity contribution in [3.05, 3.63) is 35.9 Å². The van der Waals surface area contributed by atoms with Crippen molar-refractivity contribution in [2.75, 3.05) is 0 Å². The smallest absolute Gasteiger partial charge is 0.0997 e. The maximum Gasteiger partial charge on any atom is 0.0997 e. The predicted octanol–water partition coefficient (Wildman–Crippen LogP) is 4.36. The largest absolute Gasteiger partial charge is 0.384 e. The van der Waals surface area contributed by atoms with Gasteiger partial charge in [0.25, 0.3) is 0 Å². The number of aliphatic hydroxyl groups is 1. The minimum atomic E-state index is -0.756. The lowest BCUT2D eigenvalue weighted by Gasteiger charge is -2.58. The van der Waals surface area contributed by atoms with E-state index in [1.807, 2.05) is 18.2 Å². The van der Waals surface area contributed by atoms with Gasteiger partial charge >= 0.3 is 0 Å². The molecule has 0 unspecified atom stereocenters. The summed E-state index contributed by atoms with van der Waals surface area (Å²) >= 11 is 0. The SMILES string of the molecule is CC1CC(C)(C)C(O)(c2ccccc2)C(C)(C)C1. The molecule has 18 heavy (non-hydrogen) atoms. The van der Waals surface area contributed by atoms with Crippen molar-refractivity contribution >= 4 is 0 Å². The molecule has 1 aromatic rings. The minimum Gasteiger partial charge on any atom is -0.384 e. The molecule has 0 spiro atoms. The summed E-state index contributed by atoms with van der Waals surface area (Å²) in [6.45, 7) is 11.1. The molecule has 0 bridgehead atoms. The first-order valence-corrected chi connectivity index (χ1v) is 6.99. The third-order valence-electron chi connectivity index (χ3n) is 4.87. The number of benzene rings is 1. The normalized spacial score (nSPS) is 34.2. The van der Waals surface area contributed by atoms with Gasteiger partial charge in [0, 0.05) is 0 Å². The summed E-state index contributed by atoms with van der Waals surface area (Å²) in [5.74, 6) is 0.666. The Labute approximate surface area is 111 Å². The van der Waals surface area contributed by atoms with Crippen LogP contribution in [0.3, 0.4) is 0 Å². The summed E-state index contributed by atoms with van der Waals surface area (Å²) in [6.07, 6.45) is 2.14. The van der Waals surface area contributed by atoms with Crippen molar-refractivity contribution in [2.24, 2.45) is 16.7 Å². The number of hydrogen-bond acceptors (Lipinski definition) is 1. The molecule has 1 fully saturated rings.